The summed E-state index contributed by atoms with van der Waals surface area (Å²) < 4.78 is 81.0. The molecule has 1 saturated heterocycles. The smallest absolute Gasteiger partial charge is 0.430 e. The Hall–Kier alpha value is -5.69. The summed E-state index contributed by atoms with van der Waals surface area (Å²) in [7, 11) is -2.12. The number of phenolic OH excluding ortho intramolecular Hbond substituents is 1. The maximum atomic E-state index is 14.1. The molecule has 54 heavy (non-hydrogen) atoms. The van der Waals surface area contributed by atoms with Crippen LogP contribution in [0.4, 0.5) is 28.0 Å². The number of nitrogens with two attached hydrogens (primary N) is 1. The van der Waals surface area contributed by atoms with Crippen LogP contribution in [-0.2, 0) is 32.7 Å². The first-order valence-electron chi connectivity index (χ1n) is 16.2. The Balaban J connectivity index is 0.000000845. The number of aliphatic carboxylic acids is 1. The van der Waals surface area contributed by atoms with Gasteiger partial charge in [0.15, 0.2) is 10.7 Å². The van der Waals surface area contributed by atoms with E-state index < -0.39 is 40.2 Å². The van der Waals surface area contributed by atoms with Gasteiger partial charge in [-0.2, -0.15) is 21.6 Å². The van der Waals surface area contributed by atoms with Gasteiger partial charge < -0.3 is 44.1 Å². The lowest BCUT2D eigenvalue weighted by Gasteiger charge is -2.46. The number of anilines is 1. The lowest BCUT2D eigenvalue weighted by atomic mass is 9.96. The van der Waals surface area contributed by atoms with E-state index in [1.807, 2.05) is 0 Å². The second kappa shape index (κ2) is 17.0. The van der Waals surface area contributed by atoms with Gasteiger partial charge in [-0.1, -0.05) is 29.4 Å². The molecule has 3 atom stereocenters. The Morgan fingerprint density at radius 1 is 1.07 bits per heavy atom. The maximum Gasteiger partial charge on any atom is 0.430 e. The van der Waals surface area contributed by atoms with E-state index in [0.29, 0.717) is 35.2 Å². The van der Waals surface area contributed by atoms with E-state index in [1.54, 1.807) is 24.3 Å². The Labute approximate surface area is 307 Å². The molecule has 290 valence electrons. The summed E-state index contributed by atoms with van der Waals surface area (Å²) in [4.78, 5) is 37.2. The SMILES string of the molecule is Cc1oncc1S(=O)(=O)Oc1ccc(NC(=O)N([C@H]2CCC[N+](C)(Cc3ccc(F)cc3)C2)[C@@H](Cc2ccc(O)cc2)C(N)=O)cc1.O=C([O-])C(F)(F)F. The van der Waals surface area contributed by atoms with Crippen LogP contribution in [0.1, 0.15) is 29.7 Å². The lowest BCUT2D eigenvalue weighted by Crippen LogP contribution is -2.62. The van der Waals surface area contributed by atoms with Gasteiger partial charge in [0.1, 0.15) is 35.9 Å². The number of piperidine rings is 1. The monoisotopic (exact) mass is 779 g/mol. The van der Waals surface area contributed by atoms with Crippen LogP contribution in [-0.4, -0.2) is 84.4 Å². The first kappa shape index (κ1) is 41.1. The van der Waals surface area contributed by atoms with Crippen LogP contribution in [0, 0.1) is 12.7 Å². The number of likely N-dealkylation sites (N-methyl/N-ethyl adjacent to an activating group) is 1. The number of quaternary nitrogens is 1. The molecule has 0 radical (unpaired) electrons. The second-order valence-electron chi connectivity index (χ2n) is 12.8. The summed E-state index contributed by atoms with van der Waals surface area (Å²) in [6.45, 7) is 3.38. The molecule has 1 unspecified atom stereocenters. The van der Waals surface area contributed by atoms with E-state index in [4.69, 9.17) is 24.3 Å². The van der Waals surface area contributed by atoms with Crippen LogP contribution in [0.15, 0.2) is 88.4 Å². The number of alkyl halides is 3. The van der Waals surface area contributed by atoms with Gasteiger partial charge in [0.2, 0.25) is 5.91 Å². The average Bonchev–Trinajstić information content (AvgIpc) is 3.54. The number of aromatic nitrogens is 1. The molecule has 14 nitrogen and oxygen atoms in total. The highest BCUT2D eigenvalue weighted by atomic mass is 32.2. The van der Waals surface area contributed by atoms with Gasteiger partial charge in [-0.15, -0.1) is 0 Å². The van der Waals surface area contributed by atoms with E-state index in [0.717, 1.165) is 24.7 Å². The first-order chi connectivity index (χ1) is 25.3. The number of benzene rings is 3. The number of primary amides is 1. The number of hydrogen-bond donors (Lipinski definition) is 3. The maximum absolute atomic E-state index is 14.1. The quantitative estimate of drug-likeness (QED) is 0.115. The molecule has 1 aromatic heterocycles. The van der Waals surface area contributed by atoms with Crippen LogP contribution in [0.2, 0.25) is 0 Å². The number of nitrogens with zero attached hydrogens (tertiary/aromatic N) is 3. The number of amides is 3. The molecule has 0 spiro atoms. The third-order valence-corrected chi connectivity index (χ3v) is 9.88. The summed E-state index contributed by atoms with van der Waals surface area (Å²) in [5.74, 6) is -3.86. The van der Waals surface area contributed by atoms with Gasteiger partial charge >= 0.3 is 22.3 Å². The number of rotatable bonds is 11. The number of nitrogens with one attached hydrogen (secondary N) is 1. The Kier molecular flexibility index (Phi) is 12.9. The fourth-order valence-corrected chi connectivity index (χ4v) is 7.05. The van der Waals surface area contributed by atoms with Crippen LogP contribution in [0.25, 0.3) is 0 Å². The van der Waals surface area contributed by atoms with Crippen molar-refractivity contribution in [1.29, 1.82) is 0 Å². The average molecular weight is 780 g/mol. The second-order valence-corrected chi connectivity index (χ2v) is 14.3. The van der Waals surface area contributed by atoms with Crippen molar-refractivity contribution >= 4 is 33.7 Å². The largest absolute Gasteiger partial charge is 0.542 e. The molecule has 0 bridgehead atoms. The predicted molar refractivity (Wildman–Crippen MR) is 181 cm³/mol. The van der Waals surface area contributed by atoms with Crippen molar-refractivity contribution < 1.29 is 63.8 Å². The number of likely N-dealkylation sites (tertiary alicyclic amines) is 1. The zero-order valence-corrected chi connectivity index (χ0v) is 29.8. The number of aromatic hydroxyl groups is 1. The molecular formula is C35H37F4N5O9S. The van der Waals surface area contributed by atoms with Crippen LogP contribution in [0.5, 0.6) is 11.5 Å². The van der Waals surface area contributed by atoms with Crippen molar-refractivity contribution in [1.82, 2.24) is 10.1 Å². The fourth-order valence-electron chi connectivity index (χ4n) is 6.04. The molecule has 0 saturated carbocycles. The first-order valence-corrected chi connectivity index (χ1v) is 17.7. The number of urea groups is 1. The summed E-state index contributed by atoms with van der Waals surface area (Å²) >= 11 is 0. The number of carboxylic acid groups (broad SMARTS) is 1. The van der Waals surface area contributed by atoms with E-state index in [2.05, 4.69) is 17.5 Å². The van der Waals surface area contributed by atoms with Gasteiger partial charge in [-0.05, 0) is 73.9 Å². The van der Waals surface area contributed by atoms with E-state index in [-0.39, 0.29) is 40.4 Å². The number of carbonyl (C=O) groups is 3. The lowest BCUT2D eigenvalue weighted by molar-refractivity contribution is -0.928. The third kappa shape index (κ3) is 11.2. The van der Waals surface area contributed by atoms with Crippen molar-refractivity contribution in [3.05, 3.63) is 102 Å². The van der Waals surface area contributed by atoms with E-state index >= 15 is 0 Å². The molecule has 3 amide bonds. The Morgan fingerprint density at radius 3 is 2.20 bits per heavy atom. The molecule has 1 fully saturated rings. The zero-order valence-electron chi connectivity index (χ0n) is 29.0. The van der Waals surface area contributed by atoms with Crippen LogP contribution in [0.3, 0.4) is 0 Å². The molecule has 2 heterocycles. The molecule has 3 aromatic carbocycles. The number of hydrogen-bond acceptors (Lipinski definition) is 10. The minimum absolute atomic E-state index is 0.00365. The minimum atomic E-state index is -5.19. The number of halogens is 4. The molecule has 4 aromatic rings. The topological polar surface area (TPSA) is 205 Å². The highest BCUT2D eigenvalue weighted by Gasteiger charge is 2.41. The molecule has 5 rings (SSSR count). The number of carboxylic acids is 1. The van der Waals surface area contributed by atoms with Crippen molar-refractivity contribution in [3.63, 3.8) is 0 Å². The van der Waals surface area contributed by atoms with E-state index in [9.17, 15) is 40.7 Å². The number of carbonyl (C=O) groups excluding carboxylic acids is 3. The highest BCUT2D eigenvalue weighted by Crippen LogP contribution is 2.28. The molecule has 1 aliphatic rings. The van der Waals surface area contributed by atoms with Crippen LogP contribution < -0.4 is 20.3 Å². The van der Waals surface area contributed by atoms with Gasteiger partial charge in [0.05, 0.1) is 32.4 Å². The number of phenols is 1. The summed E-state index contributed by atoms with van der Waals surface area (Å²) in [5.41, 5.74) is 7.94. The molecule has 19 heteroatoms. The van der Waals surface area contributed by atoms with Crippen molar-refractivity contribution in [2.24, 2.45) is 5.73 Å². The predicted octanol–water partition coefficient (Wildman–Crippen LogP) is 3.63. The van der Waals surface area contributed by atoms with Gasteiger partial charge in [-0.3, -0.25) is 4.79 Å². The van der Waals surface area contributed by atoms with Crippen LogP contribution >= 0.6 is 0 Å². The van der Waals surface area contributed by atoms with Gasteiger partial charge in [-0.25, -0.2) is 9.18 Å². The minimum Gasteiger partial charge on any atom is -0.542 e. The zero-order chi connectivity index (χ0) is 39.8. The van der Waals surface area contributed by atoms with Gasteiger partial charge in [0.25, 0.3) is 0 Å². The number of aryl methyl sites for hydroxylation is 1. The standard InChI is InChI=1S/C33H36FN5O7S.C2HF3O2/c1-22-31(19-36-45-22)47(43,44)46-29-15-11-26(12-16-29)37-33(42)38(30(32(35)41)18-23-7-13-28(40)14-8-23)27-4-3-17-39(2,21-27)20-24-5-9-25(34)10-6-24;3-2(4,5)1(6)7/h5-16,19,27,30H,3-4,17-18,20-21H2,1-2H3,(H3-,35,37,40,41,42);(H,6,7)/t27-,30-,39?;/m0./s1. The van der Waals surface area contributed by atoms with Crippen molar-refractivity contribution in [3.8, 4) is 11.5 Å². The molecular weight excluding hydrogens is 742 g/mol. The third-order valence-electron chi connectivity index (χ3n) is 8.54. The normalized spacial score (nSPS) is 17.7. The summed E-state index contributed by atoms with van der Waals surface area (Å²) in [6.07, 6.45) is -2.64. The molecule has 0 aliphatic carbocycles. The molecule has 1 aliphatic heterocycles. The fraction of sp³-hybridized carbons (Fsp3) is 0.314. The summed E-state index contributed by atoms with van der Waals surface area (Å²) in [6, 6.07) is 16.5. The molecule has 4 N–H and O–H groups in total. The van der Waals surface area contributed by atoms with E-state index in [1.165, 1.54) is 60.4 Å². The van der Waals surface area contributed by atoms with Gasteiger partial charge in [0, 0.05) is 17.7 Å². The Bertz CT molecular complexity index is 2030. The summed E-state index contributed by atoms with van der Waals surface area (Å²) in [5, 5.41) is 24.9. The van der Waals surface area contributed by atoms with Crippen molar-refractivity contribution in [2.45, 2.75) is 55.9 Å². The Morgan fingerprint density at radius 2 is 1.67 bits per heavy atom. The highest BCUT2D eigenvalue weighted by molar-refractivity contribution is 7.87. The van der Waals surface area contributed by atoms with Crippen molar-refractivity contribution in [2.75, 3.05) is 25.5 Å².